The Morgan fingerprint density at radius 3 is 2.74 bits per heavy atom. The SMILES string of the molecule is CC1CCC(CNC2CC(c3cccc(Br)c3)C2)C1. The highest BCUT2D eigenvalue weighted by atomic mass is 79.9. The van der Waals surface area contributed by atoms with Crippen LogP contribution in [0.5, 0.6) is 0 Å². The van der Waals surface area contributed by atoms with E-state index in [0.717, 1.165) is 23.8 Å². The first-order valence-electron chi connectivity index (χ1n) is 7.69. The third kappa shape index (κ3) is 3.41. The van der Waals surface area contributed by atoms with E-state index in [4.69, 9.17) is 0 Å². The lowest BCUT2D eigenvalue weighted by atomic mass is 9.76. The van der Waals surface area contributed by atoms with Crippen molar-refractivity contribution in [3.63, 3.8) is 0 Å². The van der Waals surface area contributed by atoms with Gasteiger partial charge in [-0.15, -0.1) is 0 Å². The second kappa shape index (κ2) is 5.97. The molecule has 2 aliphatic carbocycles. The Morgan fingerprint density at radius 1 is 1.21 bits per heavy atom. The third-order valence-corrected chi connectivity index (χ3v) is 5.45. The summed E-state index contributed by atoms with van der Waals surface area (Å²) in [5.74, 6) is 2.68. The highest BCUT2D eigenvalue weighted by Gasteiger charge is 2.31. The van der Waals surface area contributed by atoms with Gasteiger partial charge in [-0.2, -0.15) is 0 Å². The van der Waals surface area contributed by atoms with Gasteiger partial charge < -0.3 is 5.32 Å². The maximum Gasteiger partial charge on any atom is 0.0178 e. The van der Waals surface area contributed by atoms with Crippen molar-refractivity contribution in [2.75, 3.05) is 6.54 Å². The molecule has 1 nitrogen and oxygen atoms in total. The minimum Gasteiger partial charge on any atom is -0.314 e. The molecule has 2 fully saturated rings. The summed E-state index contributed by atoms with van der Waals surface area (Å²) in [7, 11) is 0. The summed E-state index contributed by atoms with van der Waals surface area (Å²) in [5, 5.41) is 3.78. The number of hydrogen-bond acceptors (Lipinski definition) is 1. The van der Waals surface area contributed by atoms with E-state index >= 15 is 0 Å². The fraction of sp³-hybridized carbons (Fsp3) is 0.647. The number of halogens is 1. The molecular weight excluding hydrogens is 298 g/mol. The van der Waals surface area contributed by atoms with Crippen molar-refractivity contribution in [1.82, 2.24) is 5.32 Å². The van der Waals surface area contributed by atoms with E-state index in [9.17, 15) is 0 Å². The van der Waals surface area contributed by atoms with Crippen molar-refractivity contribution >= 4 is 15.9 Å². The molecule has 0 amide bonds. The highest BCUT2D eigenvalue weighted by molar-refractivity contribution is 9.10. The first kappa shape index (κ1) is 13.6. The Bertz CT molecular complexity index is 425. The summed E-state index contributed by atoms with van der Waals surface area (Å²) in [6.45, 7) is 3.65. The van der Waals surface area contributed by atoms with Gasteiger partial charge in [0.1, 0.15) is 0 Å². The molecule has 1 N–H and O–H groups in total. The van der Waals surface area contributed by atoms with E-state index in [1.165, 1.54) is 48.7 Å². The van der Waals surface area contributed by atoms with E-state index in [1.807, 2.05) is 0 Å². The molecule has 2 atom stereocenters. The standard InChI is InChI=1S/C17H24BrN/c1-12-5-6-13(7-12)11-19-17-9-15(10-17)14-3-2-4-16(18)8-14/h2-4,8,12-13,15,17,19H,5-7,9-11H2,1H3. The molecule has 3 rings (SSSR count). The molecule has 1 aromatic carbocycles. The molecule has 0 spiro atoms. The molecule has 2 unspecified atom stereocenters. The Morgan fingerprint density at radius 2 is 2.05 bits per heavy atom. The molecule has 0 aromatic heterocycles. The van der Waals surface area contributed by atoms with Crippen LogP contribution in [0, 0.1) is 11.8 Å². The van der Waals surface area contributed by atoms with E-state index < -0.39 is 0 Å². The Hall–Kier alpha value is -0.340. The van der Waals surface area contributed by atoms with E-state index in [1.54, 1.807) is 0 Å². The monoisotopic (exact) mass is 321 g/mol. The molecule has 2 saturated carbocycles. The molecule has 2 aliphatic rings. The van der Waals surface area contributed by atoms with Gasteiger partial charge in [-0.05, 0) is 67.7 Å². The largest absolute Gasteiger partial charge is 0.314 e. The van der Waals surface area contributed by atoms with Crippen LogP contribution < -0.4 is 5.32 Å². The van der Waals surface area contributed by atoms with E-state index in [-0.39, 0.29) is 0 Å². The zero-order valence-corrected chi connectivity index (χ0v) is 13.3. The van der Waals surface area contributed by atoms with Crippen LogP contribution in [-0.2, 0) is 0 Å². The normalized spacial score (nSPS) is 34.2. The van der Waals surface area contributed by atoms with Crippen molar-refractivity contribution in [2.45, 2.75) is 51.0 Å². The van der Waals surface area contributed by atoms with Gasteiger partial charge in [0.15, 0.2) is 0 Å². The van der Waals surface area contributed by atoms with Gasteiger partial charge in [0.05, 0.1) is 0 Å². The molecular formula is C17H24BrN. The van der Waals surface area contributed by atoms with Crippen molar-refractivity contribution in [1.29, 1.82) is 0 Å². The zero-order chi connectivity index (χ0) is 13.2. The van der Waals surface area contributed by atoms with E-state index in [2.05, 4.69) is 52.4 Å². The lowest BCUT2D eigenvalue weighted by molar-refractivity contribution is 0.275. The van der Waals surface area contributed by atoms with Gasteiger partial charge >= 0.3 is 0 Å². The van der Waals surface area contributed by atoms with Crippen molar-refractivity contribution in [3.05, 3.63) is 34.3 Å². The summed E-state index contributed by atoms with van der Waals surface area (Å²) < 4.78 is 1.21. The summed E-state index contributed by atoms with van der Waals surface area (Å²) in [4.78, 5) is 0. The predicted molar refractivity (Wildman–Crippen MR) is 84.4 cm³/mol. The minimum atomic E-state index is 0.764. The van der Waals surface area contributed by atoms with Crippen LogP contribution in [0.4, 0.5) is 0 Å². The fourth-order valence-corrected chi connectivity index (χ4v) is 4.08. The van der Waals surface area contributed by atoms with Gasteiger partial charge in [0.25, 0.3) is 0 Å². The lowest BCUT2D eigenvalue weighted by Crippen LogP contribution is -2.42. The molecule has 0 saturated heterocycles. The first-order chi connectivity index (χ1) is 9.20. The highest BCUT2D eigenvalue weighted by Crippen LogP contribution is 2.38. The third-order valence-electron chi connectivity index (χ3n) is 4.96. The number of hydrogen-bond donors (Lipinski definition) is 1. The molecule has 1 aromatic rings. The Balaban J connectivity index is 1.41. The van der Waals surface area contributed by atoms with Crippen molar-refractivity contribution in [3.8, 4) is 0 Å². The molecule has 0 bridgehead atoms. The van der Waals surface area contributed by atoms with Gasteiger partial charge in [0, 0.05) is 10.5 Å². The minimum absolute atomic E-state index is 0.764. The number of nitrogens with one attached hydrogen (secondary N) is 1. The average Bonchev–Trinajstić information content (AvgIpc) is 2.73. The number of rotatable bonds is 4. The topological polar surface area (TPSA) is 12.0 Å². The van der Waals surface area contributed by atoms with Gasteiger partial charge in [-0.1, -0.05) is 41.4 Å². The van der Waals surface area contributed by atoms with E-state index in [0.29, 0.717) is 0 Å². The quantitative estimate of drug-likeness (QED) is 0.846. The Kier molecular flexibility index (Phi) is 4.28. The predicted octanol–water partition coefficient (Wildman–Crippen LogP) is 4.72. The second-order valence-corrected chi connectivity index (χ2v) is 7.53. The van der Waals surface area contributed by atoms with Crippen LogP contribution in [0.3, 0.4) is 0 Å². The van der Waals surface area contributed by atoms with Crippen LogP contribution in [0.1, 0.15) is 50.5 Å². The number of benzene rings is 1. The van der Waals surface area contributed by atoms with Crippen LogP contribution >= 0.6 is 15.9 Å². The average molecular weight is 322 g/mol. The second-order valence-electron chi connectivity index (χ2n) is 6.61. The van der Waals surface area contributed by atoms with Gasteiger partial charge in [-0.3, -0.25) is 0 Å². The van der Waals surface area contributed by atoms with Gasteiger partial charge in [0.2, 0.25) is 0 Å². The molecule has 104 valence electrons. The fourth-order valence-electron chi connectivity index (χ4n) is 3.66. The van der Waals surface area contributed by atoms with Crippen LogP contribution in [-0.4, -0.2) is 12.6 Å². The van der Waals surface area contributed by atoms with Crippen LogP contribution in [0.25, 0.3) is 0 Å². The first-order valence-corrected chi connectivity index (χ1v) is 8.49. The maximum atomic E-state index is 3.78. The molecule has 19 heavy (non-hydrogen) atoms. The van der Waals surface area contributed by atoms with Crippen LogP contribution in [0.2, 0.25) is 0 Å². The summed E-state index contributed by atoms with van der Waals surface area (Å²) in [6.07, 6.45) is 6.96. The molecule has 0 aliphatic heterocycles. The molecule has 0 heterocycles. The molecule has 2 heteroatoms. The van der Waals surface area contributed by atoms with Gasteiger partial charge in [-0.25, -0.2) is 0 Å². The maximum absolute atomic E-state index is 3.78. The van der Waals surface area contributed by atoms with Crippen LogP contribution in [0.15, 0.2) is 28.7 Å². The van der Waals surface area contributed by atoms with Crippen molar-refractivity contribution < 1.29 is 0 Å². The zero-order valence-electron chi connectivity index (χ0n) is 11.7. The smallest absolute Gasteiger partial charge is 0.0178 e. The summed E-state index contributed by atoms with van der Waals surface area (Å²) in [6, 6.07) is 9.57. The Labute approximate surface area is 125 Å². The summed E-state index contributed by atoms with van der Waals surface area (Å²) >= 11 is 3.56. The lowest BCUT2D eigenvalue weighted by Gasteiger charge is -2.37. The summed E-state index contributed by atoms with van der Waals surface area (Å²) in [5.41, 5.74) is 1.50. The van der Waals surface area contributed by atoms with Crippen molar-refractivity contribution in [2.24, 2.45) is 11.8 Å². The molecule has 0 radical (unpaired) electrons.